The molecule has 1 aromatic heterocycles. The summed E-state index contributed by atoms with van der Waals surface area (Å²) in [5.74, 6) is -0.836. The van der Waals surface area contributed by atoms with Crippen molar-refractivity contribution in [1.82, 2.24) is 0 Å². The van der Waals surface area contributed by atoms with Gasteiger partial charge in [-0.3, -0.25) is 4.79 Å². The molecule has 0 amide bonds. The minimum atomic E-state index is -1.60. The number of hydrogen-bond donors (Lipinski definition) is 5. The van der Waals surface area contributed by atoms with Gasteiger partial charge in [0.1, 0.15) is 29.6 Å². The zero-order valence-electron chi connectivity index (χ0n) is 17.1. The maximum absolute atomic E-state index is 12.7. The van der Waals surface area contributed by atoms with Crippen LogP contribution in [0.3, 0.4) is 0 Å². The Labute approximate surface area is 181 Å². The molecule has 0 aliphatic carbocycles. The Bertz CT molecular complexity index is 1190. The summed E-state index contributed by atoms with van der Waals surface area (Å²) in [4.78, 5) is 12.7. The molecule has 0 unspecified atom stereocenters. The van der Waals surface area contributed by atoms with Crippen LogP contribution in [-0.2, 0) is 4.74 Å². The maximum atomic E-state index is 12.7. The molecule has 5 atom stereocenters. The Balaban J connectivity index is 1.75. The lowest BCUT2D eigenvalue weighted by Crippen LogP contribution is -2.58. The average Bonchev–Trinajstić information content (AvgIpc) is 2.79. The smallest absolute Gasteiger partial charge is 0.235 e. The van der Waals surface area contributed by atoms with E-state index in [0.717, 1.165) is 6.07 Å². The summed E-state index contributed by atoms with van der Waals surface area (Å²) in [6.45, 7) is 1.49. The van der Waals surface area contributed by atoms with Gasteiger partial charge >= 0.3 is 0 Å². The molecule has 32 heavy (non-hydrogen) atoms. The normalized spacial score (nSPS) is 25.6. The second-order valence-corrected chi connectivity index (χ2v) is 7.45. The van der Waals surface area contributed by atoms with E-state index in [1.165, 1.54) is 20.1 Å². The van der Waals surface area contributed by atoms with Crippen LogP contribution in [0.15, 0.2) is 45.6 Å². The van der Waals surface area contributed by atoms with Crippen LogP contribution in [0.25, 0.3) is 22.3 Å². The molecule has 170 valence electrons. The number of methoxy groups -OCH3 is 1. The highest BCUT2D eigenvalue weighted by atomic mass is 16.7. The van der Waals surface area contributed by atoms with Gasteiger partial charge in [0.05, 0.1) is 18.6 Å². The van der Waals surface area contributed by atoms with Crippen molar-refractivity contribution in [2.24, 2.45) is 0 Å². The SMILES string of the molecule is COc1ccc(-c2oc3cc(O[C@@H]4O[C@H](C)[C@H](O)[C@@H](O)[C@@H]4O)c(O)cc3c(=O)c2O)cc1. The summed E-state index contributed by atoms with van der Waals surface area (Å²) >= 11 is 0. The van der Waals surface area contributed by atoms with Crippen molar-refractivity contribution in [1.29, 1.82) is 0 Å². The molecular formula is C22H22O10. The molecule has 2 heterocycles. The number of fused-ring (bicyclic) bond motifs is 1. The lowest BCUT2D eigenvalue weighted by atomic mass is 10.00. The van der Waals surface area contributed by atoms with Crippen LogP contribution in [0.5, 0.6) is 23.0 Å². The van der Waals surface area contributed by atoms with Crippen LogP contribution in [0, 0.1) is 0 Å². The number of aromatic hydroxyl groups is 2. The zero-order valence-corrected chi connectivity index (χ0v) is 17.1. The number of rotatable bonds is 4. The number of ether oxygens (including phenoxy) is 3. The van der Waals surface area contributed by atoms with Crippen molar-refractivity contribution >= 4 is 11.0 Å². The molecule has 4 rings (SSSR count). The second kappa shape index (κ2) is 8.32. The van der Waals surface area contributed by atoms with Crippen LogP contribution in [0.4, 0.5) is 0 Å². The van der Waals surface area contributed by atoms with Gasteiger partial charge in [0.25, 0.3) is 0 Å². The molecule has 10 heteroatoms. The van der Waals surface area contributed by atoms with Crippen LogP contribution < -0.4 is 14.9 Å². The minimum Gasteiger partial charge on any atom is -0.504 e. The molecule has 1 aliphatic heterocycles. The summed E-state index contributed by atoms with van der Waals surface area (Å²) in [6, 6.07) is 8.72. The van der Waals surface area contributed by atoms with Gasteiger partial charge in [-0.25, -0.2) is 0 Å². The minimum absolute atomic E-state index is 0.00894. The molecule has 5 N–H and O–H groups in total. The number of aliphatic hydroxyl groups is 3. The lowest BCUT2D eigenvalue weighted by Gasteiger charge is -2.38. The van der Waals surface area contributed by atoms with Gasteiger partial charge in [-0.05, 0) is 37.3 Å². The van der Waals surface area contributed by atoms with Gasteiger partial charge in [0.15, 0.2) is 17.3 Å². The first-order valence-corrected chi connectivity index (χ1v) is 9.74. The van der Waals surface area contributed by atoms with Gasteiger partial charge in [0.2, 0.25) is 17.5 Å². The summed E-state index contributed by atoms with van der Waals surface area (Å²) in [7, 11) is 1.50. The number of benzene rings is 2. The largest absolute Gasteiger partial charge is 0.504 e. The van der Waals surface area contributed by atoms with Gasteiger partial charge in [0, 0.05) is 11.6 Å². The number of hydrogen-bond acceptors (Lipinski definition) is 10. The maximum Gasteiger partial charge on any atom is 0.235 e. The van der Waals surface area contributed by atoms with Crippen molar-refractivity contribution in [3.63, 3.8) is 0 Å². The standard InChI is InChI=1S/C22H22O10/c1-9-16(24)18(26)20(28)22(30-9)32-15-8-14-12(7-13(15)23)17(25)19(27)21(31-14)10-3-5-11(29-2)6-4-10/h3-9,16,18,20,22-24,26-28H,1-2H3/t9-,16+,18-,20+,22+/m1/s1. The molecule has 2 aromatic carbocycles. The fraction of sp³-hybridized carbons (Fsp3) is 0.318. The average molecular weight is 446 g/mol. The molecule has 3 aromatic rings. The third-order valence-electron chi connectivity index (χ3n) is 5.35. The van der Waals surface area contributed by atoms with E-state index < -0.39 is 47.6 Å². The van der Waals surface area contributed by atoms with Crippen LogP contribution in [0.2, 0.25) is 0 Å². The van der Waals surface area contributed by atoms with E-state index in [9.17, 15) is 30.3 Å². The first-order chi connectivity index (χ1) is 15.2. The molecule has 0 saturated carbocycles. The third-order valence-corrected chi connectivity index (χ3v) is 5.35. The first-order valence-electron chi connectivity index (χ1n) is 9.74. The predicted molar refractivity (Wildman–Crippen MR) is 111 cm³/mol. The van der Waals surface area contributed by atoms with Crippen molar-refractivity contribution < 1.29 is 44.2 Å². The molecule has 10 nitrogen and oxygen atoms in total. The summed E-state index contributed by atoms with van der Waals surface area (Å²) in [5.41, 5.74) is -0.361. The highest BCUT2D eigenvalue weighted by molar-refractivity contribution is 5.84. The topological polar surface area (TPSA) is 159 Å². The van der Waals surface area contributed by atoms with Crippen molar-refractivity contribution in [2.75, 3.05) is 7.11 Å². The first kappa shape index (κ1) is 21.9. The molecule has 1 saturated heterocycles. The predicted octanol–water partition coefficient (Wildman–Crippen LogP) is 1.09. The number of phenolic OH excluding ortho intramolecular Hbond substituents is 1. The van der Waals surface area contributed by atoms with Crippen molar-refractivity contribution in [3.8, 4) is 34.3 Å². The van der Waals surface area contributed by atoms with Crippen molar-refractivity contribution in [2.45, 2.75) is 37.6 Å². The van der Waals surface area contributed by atoms with E-state index in [4.69, 9.17) is 18.6 Å². The Hall–Kier alpha value is -3.31. The Kier molecular flexibility index (Phi) is 5.70. The third kappa shape index (κ3) is 3.73. The highest BCUT2D eigenvalue weighted by Crippen LogP contribution is 2.37. The van der Waals surface area contributed by atoms with Gasteiger partial charge < -0.3 is 44.2 Å². The van der Waals surface area contributed by atoms with E-state index in [2.05, 4.69) is 0 Å². The lowest BCUT2D eigenvalue weighted by molar-refractivity contribution is -0.268. The van der Waals surface area contributed by atoms with Gasteiger partial charge in [-0.2, -0.15) is 0 Å². The molecule has 0 radical (unpaired) electrons. The molecule has 1 aliphatic rings. The molecule has 1 fully saturated rings. The van der Waals surface area contributed by atoms with E-state index in [1.807, 2.05) is 0 Å². The van der Waals surface area contributed by atoms with E-state index in [1.54, 1.807) is 24.3 Å². The second-order valence-electron chi connectivity index (χ2n) is 7.45. The molecule has 0 bridgehead atoms. The monoisotopic (exact) mass is 446 g/mol. The summed E-state index contributed by atoms with van der Waals surface area (Å²) in [5, 5.41) is 50.5. The Morgan fingerprint density at radius 1 is 0.969 bits per heavy atom. The molecular weight excluding hydrogens is 424 g/mol. The molecule has 0 spiro atoms. The zero-order chi connectivity index (χ0) is 23.2. The summed E-state index contributed by atoms with van der Waals surface area (Å²) in [6.07, 6.45) is -6.70. The fourth-order valence-electron chi connectivity index (χ4n) is 3.47. The van der Waals surface area contributed by atoms with E-state index in [0.29, 0.717) is 11.3 Å². The number of phenols is 1. The van der Waals surface area contributed by atoms with Crippen LogP contribution in [0.1, 0.15) is 6.92 Å². The fourth-order valence-corrected chi connectivity index (χ4v) is 3.47. The Morgan fingerprint density at radius 3 is 2.31 bits per heavy atom. The van der Waals surface area contributed by atoms with Gasteiger partial charge in [-0.1, -0.05) is 0 Å². The van der Waals surface area contributed by atoms with Gasteiger partial charge in [-0.15, -0.1) is 0 Å². The van der Waals surface area contributed by atoms with E-state index >= 15 is 0 Å². The van der Waals surface area contributed by atoms with Crippen LogP contribution in [-0.4, -0.2) is 63.3 Å². The van der Waals surface area contributed by atoms with Crippen molar-refractivity contribution in [3.05, 3.63) is 46.6 Å². The number of aliphatic hydroxyl groups excluding tert-OH is 3. The summed E-state index contributed by atoms with van der Waals surface area (Å²) < 4.78 is 21.7. The van der Waals surface area contributed by atoms with E-state index in [-0.39, 0.29) is 22.5 Å². The Morgan fingerprint density at radius 2 is 1.66 bits per heavy atom. The highest BCUT2D eigenvalue weighted by Gasteiger charge is 2.43. The quantitative estimate of drug-likeness (QED) is 0.393. The van der Waals surface area contributed by atoms with Crippen LogP contribution >= 0.6 is 0 Å².